The summed E-state index contributed by atoms with van der Waals surface area (Å²) in [6.07, 6.45) is 2.70. The minimum atomic E-state index is 0.259. The molecule has 0 fully saturated rings. The highest BCUT2D eigenvalue weighted by atomic mass is 15.0. The zero-order valence-electron chi connectivity index (χ0n) is 8.04. The lowest BCUT2D eigenvalue weighted by Gasteiger charge is -1.94. The van der Waals surface area contributed by atoms with Gasteiger partial charge < -0.3 is 17.2 Å². The number of aromatic nitrogens is 3. The monoisotopic (exact) mass is 204 g/mol. The van der Waals surface area contributed by atoms with Crippen LogP contribution in [0.25, 0.3) is 0 Å². The first-order valence-corrected chi connectivity index (χ1v) is 4.17. The number of nitrogens with zero attached hydrogens (tertiary/aromatic N) is 3. The molecule has 0 saturated heterocycles. The Morgan fingerprint density at radius 1 is 0.800 bits per heavy atom. The van der Waals surface area contributed by atoms with E-state index >= 15 is 0 Å². The maximum Gasteiger partial charge on any atom is 0.222 e. The molecule has 6 heteroatoms. The maximum absolute atomic E-state index is 5.39. The molecule has 6 N–H and O–H groups in total. The van der Waals surface area contributed by atoms with Gasteiger partial charge in [-0.2, -0.15) is 0 Å². The lowest BCUT2D eigenvalue weighted by molar-refractivity contribution is 1.06. The molecular formula is C9H12N6. The summed E-state index contributed by atoms with van der Waals surface area (Å²) in [6.45, 7) is 0. The SMILES string of the molecule is Nc1ccccc1N.Nc1ncncn1. The molecule has 0 bridgehead atoms. The van der Waals surface area contributed by atoms with E-state index in [9.17, 15) is 0 Å². The molecule has 2 aromatic rings. The first-order valence-electron chi connectivity index (χ1n) is 4.17. The Balaban J connectivity index is 0.000000151. The van der Waals surface area contributed by atoms with Crippen LogP contribution in [-0.2, 0) is 0 Å². The second kappa shape index (κ2) is 5.38. The van der Waals surface area contributed by atoms with Crippen LogP contribution >= 0.6 is 0 Å². The Labute approximate surface area is 87.2 Å². The van der Waals surface area contributed by atoms with Gasteiger partial charge in [0, 0.05) is 0 Å². The zero-order chi connectivity index (χ0) is 11.1. The smallest absolute Gasteiger partial charge is 0.222 e. The predicted molar refractivity (Wildman–Crippen MR) is 59.5 cm³/mol. The minimum absolute atomic E-state index is 0.259. The highest BCUT2D eigenvalue weighted by molar-refractivity contribution is 5.62. The number of hydrogen-bond acceptors (Lipinski definition) is 6. The highest BCUT2D eigenvalue weighted by Crippen LogP contribution is 2.10. The van der Waals surface area contributed by atoms with Gasteiger partial charge in [0.2, 0.25) is 5.95 Å². The van der Waals surface area contributed by atoms with E-state index in [-0.39, 0.29) is 5.95 Å². The second-order valence-electron chi connectivity index (χ2n) is 2.63. The standard InChI is InChI=1S/C6H8N2.C3H4N4/c7-5-3-1-2-4-6(5)8;4-3-6-1-5-2-7-3/h1-4H,7-8H2;1-2H,(H2,4,5,6,7). The summed E-state index contributed by atoms with van der Waals surface area (Å²) in [5.41, 5.74) is 17.2. The molecule has 0 atom stereocenters. The fourth-order valence-electron chi connectivity index (χ4n) is 0.759. The molecule has 1 heterocycles. The van der Waals surface area contributed by atoms with Crippen LogP contribution in [0.3, 0.4) is 0 Å². The summed E-state index contributed by atoms with van der Waals surface area (Å²) < 4.78 is 0. The van der Waals surface area contributed by atoms with E-state index in [1.165, 1.54) is 12.7 Å². The van der Waals surface area contributed by atoms with Crippen molar-refractivity contribution in [1.29, 1.82) is 0 Å². The van der Waals surface area contributed by atoms with Gasteiger partial charge >= 0.3 is 0 Å². The third-order valence-corrected chi connectivity index (χ3v) is 1.51. The molecule has 0 unspecified atom stereocenters. The van der Waals surface area contributed by atoms with E-state index in [0.717, 1.165) is 0 Å². The Morgan fingerprint density at radius 3 is 1.53 bits per heavy atom. The summed E-state index contributed by atoms with van der Waals surface area (Å²) in [5.74, 6) is 0.259. The number of rotatable bonds is 0. The summed E-state index contributed by atoms with van der Waals surface area (Å²) in [5, 5.41) is 0. The lowest BCUT2D eigenvalue weighted by atomic mass is 10.3. The van der Waals surface area contributed by atoms with Crippen molar-refractivity contribution in [3.05, 3.63) is 36.9 Å². The topological polar surface area (TPSA) is 117 Å². The van der Waals surface area contributed by atoms with Gasteiger partial charge in [-0.3, -0.25) is 0 Å². The molecule has 0 radical (unpaired) electrons. The van der Waals surface area contributed by atoms with Crippen molar-refractivity contribution in [2.75, 3.05) is 17.2 Å². The molecule has 15 heavy (non-hydrogen) atoms. The van der Waals surface area contributed by atoms with E-state index < -0.39 is 0 Å². The average molecular weight is 204 g/mol. The molecule has 78 valence electrons. The molecule has 0 amide bonds. The normalized spacial score (nSPS) is 8.80. The van der Waals surface area contributed by atoms with Crippen LogP contribution in [0.4, 0.5) is 17.3 Å². The predicted octanol–water partition coefficient (Wildman–Crippen LogP) is 0.305. The largest absolute Gasteiger partial charge is 0.397 e. The van der Waals surface area contributed by atoms with Crippen molar-refractivity contribution in [3.63, 3.8) is 0 Å². The first-order chi connectivity index (χ1) is 7.20. The number of benzene rings is 1. The van der Waals surface area contributed by atoms with E-state index in [1.54, 1.807) is 12.1 Å². The van der Waals surface area contributed by atoms with E-state index in [2.05, 4.69) is 15.0 Å². The lowest BCUT2D eigenvalue weighted by Crippen LogP contribution is -1.92. The van der Waals surface area contributed by atoms with Crippen LogP contribution in [0.15, 0.2) is 36.9 Å². The Hall–Kier alpha value is -2.37. The fourth-order valence-corrected chi connectivity index (χ4v) is 0.759. The van der Waals surface area contributed by atoms with Gasteiger partial charge in [-0.05, 0) is 12.1 Å². The molecule has 0 saturated carbocycles. The quantitative estimate of drug-likeness (QED) is 0.531. The second-order valence-corrected chi connectivity index (χ2v) is 2.63. The molecule has 6 nitrogen and oxygen atoms in total. The number of para-hydroxylation sites is 2. The van der Waals surface area contributed by atoms with Crippen LogP contribution in [0.2, 0.25) is 0 Å². The number of nitrogen functional groups attached to an aromatic ring is 3. The van der Waals surface area contributed by atoms with Gasteiger partial charge in [0.05, 0.1) is 11.4 Å². The van der Waals surface area contributed by atoms with Crippen molar-refractivity contribution in [2.24, 2.45) is 0 Å². The van der Waals surface area contributed by atoms with Gasteiger partial charge in [-0.25, -0.2) is 15.0 Å². The van der Waals surface area contributed by atoms with Gasteiger partial charge in [-0.15, -0.1) is 0 Å². The maximum atomic E-state index is 5.39. The van der Waals surface area contributed by atoms with Crippen molar-refractivity contribution in [2.45, 2.75) is 0 Å². The Kier molecular flexibility index (Phi) is 3.84. The molecule has 0 aliphatic carbocycles. The molecule has 0 spiro atoms. The van der Waals surface area contributed by atoms with Crippen LogP contribution in [0, 0.1) is 0 Å². The molecule has 2 rings (SSSR count). The molecule has 1 aromatic carbocycles. The van der Waals surface area contributed by atoms with Crippen LogP contribution in [0.1, 0.15) is 0 Å². The third kappa shape index (κ3) is 3.90. The molecule has 1 aromatic heterocycles. The zero-order valence-corrected chi connectivity index (χ0v) is 8.04. The molecule has 0 aliphatic rings. The summed E-state index contributed by atoms with van der Waals surface area (Å²) in [7, 11) is 0. The van der Waals surface area contributed by atoms with E-state index in [4.69, 9.17) is 17.2 Å². The summed E-state index contributed by atoms with van der Waals surface area (Å²) in [4.78, 5) is 10.6. The average Bonchev–Trinajstić information content (AvgIpc) is 2.25. The summed E-state index contributed by atoms with van der Waals surface area (Å²) in [6, 6.07) is 7.25. The van der Waals surface area contributed by atoms with Gasteiger partial charge in [0.1, 0.15) is 12.7 Å². The Bertz CT molecular complexity index is 381. The number of nitrogens with two attached hydrogens (primary N) is 3. The highest BCUT2D eigenvalue weighted by Gasteiger charge is 1.85. The fraction of sp³-hybridized carbons (Fsp3) is 0. The van der Waals surface area contributed by atoms with Crippen molar-refractivity contribution >= 4 is 17.3 Å². The van der Waals surface area contributed by atoms with Crippen molar-refractivity contribution < 1.29 is 0 Å². The molecule has 0 aliphatic heterocycles. The number of hydrogen-bond donors (Lipinski definition) is 3. The van der Waals surface area contributed by atoms with Crippen molar-refractivity contribution in [1.82, 2.24) is 15.0 Å². The minimum Gasteiger partial charge on any atom is -0.397 e. The van der Waals surface area contributed by atoms with Crippen LogP contribution in [-0.4, -0.2) is 15.0 Å². The van der Waals surface area contributed by atoms with E-state index in [1.807, 2.05) is 12.1 Å². The van der Waals surface area contributed by atoms with Gasteiger partial charge in [0.15, 0.2) is 0 Å². The summed E-state index contributed by atoms with van der Waals surface area (Å²) >= 11 is 0. The van der Waals surface area contributed by atoms with E-state index in [0.29, 0.717) is 11.4 Å². The van der Waals surface area contributed by atoms with Gasteiger partial charge in [-0.1, -0.05) is 12.1 Å². The third-order valence-electron chi connectivity index (χ3n) is 1.51. The van der Waals surface area contributed by atoms with Crippen LogP contribution in [0.5, 0.6) is 0 Å². The number of anilines is 3. The van der Waals surface area contributed by atoms with Crippen molar-refractivity contribution in [3.8, 4) is 0 Å². The molecular weight excluding hydrogens is 192 g/mol. The Morgan fingerprint density at radius 2 is 1.27 bits per heavy atom. The van der Waals surface area contributed by atoms with Crippen LogP contribution < -0.4 is 17.2 Å². The first kappa shape index (κ1) is 10.7. The van der Waals surface area contributed by atoms with Gasteiger partial charge in [0.25, 0.3) is 0 Å².